The van der Waals surface area contributed by atoms with Crippen LogP contribution in [-0.2, 0) is 11.3 Å². The van der Waals surface area contributed by atoms with Gasteiger partial charge in [-0.25, -0.2) is 0 Å². The summed E-state index contributed by atoms with van der Waals surface area (Å²) >= 11 is 1.38. The summed E-state index contributed by atoms with van der Waals surface area (Å²) in [6, 6.07) is 21.6. The Hall–Kier alpha value is -3.52. The number of thioether (sulfide) groups is 1. The molecule has 0 saturated heterocycles. The predicted octanol–water partition coefficient (Wildman–Crippen LogP) is 5.00. The van der Waals surface area contributed by atoms with E-state index in [1.165, 1.54) is 17.3 Å². The van der Waals surface area contributed by atoms with Gasteiger partial charge in [-0.1, -0.05) is 61.2 Å². The highest BCUT2D eigenvalue weighted by Gasteiger charge is 2.22. The van der Waals surface area contributed by atoms with Crippen LogP contribution in [-0.4, -0.2) is 39.6 Å². The molecule has 2 atom stereocenters. The van der Waals surface area contributed by atoms with E-state index in [0.29, 0.717) is 24.1 Å². The van der Waals surface area contributed by atoms with Crippen LogP contribution >= 0.6 is 11.8 Å². The maximum atomic E-state index is 12.8. The molecule has 2 heterocycles. The van der Waals surface area contributed by atoms with E-state index in [-0.39, 0.29) is 17.1 Å². The fourth-order valence-corrected chi connectivity index (χ4v) is 4.43. The molecule has 1 amide bonds. The lowest BCUT2D eigenvalue weighted by molar-refractivity contribution is -0.120. The maximum absolute atomic E-state index is 12.8. The molecule has 2 aromatic carbocycles. The largest absolute Gasteiger partial charge is 0.497 e. The second-order valence-corrected chi connectivity index (χ2v) is 9.33. The SMILES string of the molecule is COc1cccc(-c2nnc(SC(C)C(=O)NCC(C)c3ccccc3)n2Cc2ccco2)c1. The summed E-state index contributed by atoms with van der Waals surface area (Å²) in [6.07, 6.45) is 1.64. The third-order valence-corrected chi connectivity index (χ3v) is 6.62. The molecular formula is C26H28N4O3S. The molecule has 1 N–H and O–H groups in total. The number of nitrogens with one attached hydrogen (secondary N) is 1. The number of hydrogen-bond acceptors (Lipinski definition) is 6. The maximum Gasteiger partial charge on any atom is 0.233 e. The summed E-state index contributed by atoms with van der Waals surface area (Å²) in [5, 5.41) is 12.2. The van der Waals surface area contributed by atoms with Crippen LogP contribution < -0.4 is 10.1 Å². The number of furan rings is 1. The molecule has 4 rings (SSSR count). The molecule has 2 aromatic heterocycles. The molecule has 0 saturated carbocycles. The van der Waals surface area contributed by atoms with Crippen molar-refractivity contribution in [3.63, 3.8) is 0 Å². The Balaban J connectivity index is 1.50. The van der Waals surface area contributed by atoms with Gasteiger partial charge in [0.15, 0.2) is 11.0 Å². The summed E-state index contributed by atoms with van der Waals surface area (Å²) in [5.74, 6) is 2.38. The van der Waals surface area contributed by atoms with Crippen molar-refractivity contribution in [3.8, 4) is 17.1 Å². The van der Waals surface area contributed by atoms with Gasteiger partial charge >= 0.3 is 0 Å². The highest BCUT2D eigenvalue weighted by atomic mass is 32.2. The molecule has 0 aliphatic heterocycles. The van der Waals surface area contributed by atoms with Crippen LogP contribution in [0, 0.1) is 0 Å². The molecule has 0 aliphatic carbocycles. The Bertz CT molecular complexity index is 1210. The van der Waals surface area contributed by atoms with E-state index in [2.05, 4.69) is 34.6 Å². The number of aromatic nitrogens is 3. The van der Waals surface area contributed by atoms with Crippen LogP contribution in [0.4, 0.5) is 0 Å². The number of rotatable bonds is 10. The van der Waals surface area contributed by atoms with Crippen molar-refractivity contribution in [2.24, 2.45) is 0 Å². The van der Waals surface area contributed by atoms with Crippen LogP contribution in [0.1, 0.15) is 31.1 Å². The average Bonchev–Trinajstić information content (AvgIpc) is 3.53. The van der Waals surface area contributed by atoms with E-state index < -0.39 is 0 Å². The highest BCUT2D eigenvalue weighted by molar-refractivity contribution is 8.00. The zero-order chi connectivity index (χ0) is 23.9. The molecule has 176 valence electrons. The monoisotopic (exact) mass is 476 g/mol. The summed E-state index contributed by atoms with van der Waals surface area (Å²) in [4.78, 5) is 12.8. The fraction of sp³-hybridized carbons (Fsp3) is 0.269. The number of carbonyl (C=O) groups is 1. The number of ether oxygens (including phenoxy) is 1. The molecule has 4 aromatic rings. The zero-order valence-corrected chi connectivity index (χ0v) is 20.3. The average molecular weight is 477 g/mol. The number of methoxy groups -OCH3 is 1. The minimum atomic E-state index is -0.347. The molecule has 0 radical (unpaired) electrons. The van der Waals surface area contributed by atoms with Gasteiger partial charge in [-0.3, -0.25) is 9.36 Å². The Morgan fingerprint density at radius 2 is 1.91 bits per heavy atom. The lowest BCUT2D eigenvalue weighted by atomic mass is 10.0. The standard InChI is InChI=1S/C26H28N4O3S/c1-18(20-9-5-4-6-10-20)16-27-25(31)19(2)34-26-29-28-24(21-11-7-12-22(15-21)32-3)30(26)17-23-13-8-14-33-23/h4-15,18-19H,16-17H2,1-3H3,(H,27,31). The second kappa shape index (κ2) is 11.1. The lowest BCUT2D eigenvalue weighted by Gasteiger charge is -2.16. The fourth-order valence-electron chi connectivity index (χ4n) is 3.56. The van der Waals surface area contributed by atoms with Crippen molar-refractivity contribution in [2.45, 2.75) is 36.7 Å². The number of amides is 1. The topological polar surface area (TPSA) is 82.2 Å². The molecule has 7 nitrogen and oxygen atoms in total. The van der Waals surface area contributed by atoms with Gasteiger partial charge in [0.2, 0.25) is 5.91 Å². The first-order valence-corrected chi connectivity index (χ1v) is 12.0. The minimum Gasteiger partial charge on any atom is -0.497 e. The molecule has 0 spiro atoms. The van der Waals surface area contributed by atoms with Crippen molar-refractivity contribution in [2.75, 3.05) is 13.7 Å². The highest BCUT2D eigenvalue weighted by Crippen LogP contribution is 2.29. The van der Waals surface area contributed by atoms with E-state index in [9.17, 15) is 4.79 Å². The van der Waals surface area contributed by atoms with E-state index in [4.69, 9.17) is 9.15 Å². The molecule has 0 bridgehead atoms. The number of hydrogen-bond donors (Lipinski definition) is 1. The van der Waals surface area contributed by atoms with E-state index in [0.717, 1.165) is 17.1 Å². The Morgan fingerprint density at radius 3 is 2.65 bits per heavy atom. The molecule has 2 unspecified atom stereocenters. The quantitative estimate of drug-likeness (QED) is 0.325. The van der Waals surface area contributed by atoms with Gasteiger partial charge in [0.1, 0.15) is 11.5 Å². The van der Waals surface area contributed by atoms with Gasteiger partial charge in [0, 0.05) is 12.1 Å². The van der Waals surface area contributed by atoms with Crippen LogP contribution in [0.2, 0.25) is 0 Å². The Labute approximate surface area is 203 Å². The minimum absolute atomic E-state index is 0.0386. The molecule has 0 aliphatic rings. The van der Waals surface area contributed by atoms with Gasteiger partial charge in [-0.05, 0) is 42.7 Å². The zero-order valence-electron chi connectivity index (χ0n) is 19.5. The van der Waals surface area contributed by atoms with Crippen LogP contribution in [0.15, 0.2) is 82.6 Å². The Kier molecular flexibility index (Phi) is 7.69. The summed E-state index contributed by atoms with van der Waals surface area (Å²) in [7, 11) is 1.63. The van der Waals surface area contributed by atoms with E-state index in [1.807, 2.05) is 66.1 Å². The molecule has 34 heavy (non-hydrogen) atoms. The Morgan fingerprint density at radius 1 is 1.09 bits per heavy atom. The first kappa shape index (κ1) is 23.6. The summed E-state index contributed by atoms with van der Waals surface area (Å²) in [6.45, 7) is 5.01. The number of benzene rings is 2. The lowest BCUT2D eigenvalue weighted by Crippen LogP contribution is -2.33. The predicted molar refractivity (Wildman–Crippen MR) is 133 cm³/mol. The molecular weight excluding hydrogens is 448 g/mol. The van der Waals surface area contributed by atoms with Gasteiger partial charge < -0.3 is 14.5 Å². The molecule has 8 heteroatoms. The first-order chi connectivity index (χ1) is 16.5. The smallest absolute Gasteiger partial charge is 0.233 e. The summed E-state index contributed by atoms with van der Waals surface area (Å²) < 4.78 is 12.9. The van der Waals surface area contributed by atoms with Crippen molar-refractivity contribution in [1.29, 1.82) is 0 Å². The molecule has 0 fully saturated rings. The van der Waals surface area contributed by atoms with Gasteiger partial charge in [0.05, 0.1) is 25.2 Å². The van der Waals surface area contributed by atoms with Gasteiger partial charge in [-0.2, -0.15) is 0 Å². The summed E-state index contributed by atoms with van der Waals surface area (Å²) in [5.41, 5.74) is 2.07. The van der Waals surface area contributed by atoms with Gasteiger partial charge in [-0.15, -0.1) is 10.2 Å². The van der Waals surface area contributed by atoms with E-state index in [1.54, 1.807) is 13.4 Å². The normalized spacial score (nSPS) is 12.8. The van der Waals surface area contributed by atoms with Crippen LogP contribution in [0.25, 0.3) is 11.4 Å². The number of carbonyl (C=O) groups excluding carboxylic acids is 1. The van der Waals surface area contributed by atoms with Crippen molar-refractivity contribution < 1.29 is 13.9 Å². The first-order valence-electron chi connectivity index (χ1n) is 11.1. The van der Waals surface area contributed by atoms with Crippen molar-refractivity contribution in [3.05, 3.63) is 84.3 Å². The van der Waals surface area contributed by atoms with Gasteiger partial charge in [0.25, 0.3) is 0 Å². The van der Waals surface area contributed by atoms with Crippen LogP contribution in [0.5, 0.6) is 5.75 Å². The van der Waals surface area contributed by atoms with Crippen LogP contribution in [0.3, 0.4) is 0 Å². The van der Waals surface area contributed by atoms with Crippen molar-refractivity contribution >= 4 is 17.7 Å². The third-order valence-electron chi connectivity index (χ3n) is 5.54. The number of nitrogens with zero attached hydrogens (tertiary/aromatic N) is 3. The van der Waals surface area contributed by atoms with E-state index >= 15 is 0 Å². The third kappa shape index (κ3) is 5.69. The van der Waals surface area contributed by atoms with Crippen molar-refractivity contribution in [1.82, 2.24) is 20.1 Å². The second-order valence-electron chi connectivity index (χ2n) is 8.02.